The van der Waals surface area contributed by atoms with Gasteiger partial charge in [0.25, 0.3) is 0 Å². The molecule has 0 spiro atoms. The number of esters is 1. The zero-order chi connectivity index (χ0) is 16.6. The number of carbonyl (C=O) groups excluding carboxylic acids is 1. The highest BCUT2D eigenvalue weighted by molar-refractivity contribution is 6.31. The first-order valence-electron chi connectivity index (χ1n) is 7.36. The van der Waals surface area contributed by atoms with Gasteiger partial charge in [-0.3, -0.25) is 4.79 Å². The molecular weight excluding hydrogens is 338 g/mol. The molecule has 120 valence electrons. The molecule has 0 aromatic heterocycles. The van der Waals surface area contributed by atoms with Crippen molar-refractivity contribution < 1.29 is 13.9 Å². The SMILES string of the molecule is C[C@H]1C[C@H](c2cccc(Cl)c2)[C@H](c2ccc(Cl)c(F)c2)OC1=O. The molecule has 3 rings (SSSR count). The summed E-state index contributed by atoms with van der Waals surface area (Å²) in [6.45, 7) is 1.83. The van der Waals surface area contributed by atoms with Crippen molar-refractivity contribution >= 4 is 29.2 Å². The average Bonchev–Trinajstić information content (AvgIpc) is 2.52. The Kier molecular flexibility index (Phi) is 4.60. The van der Waals surface area contributed by atoms with Gasteiger partial charge in [-0.15, -0.1) is 0 Å². The summed E-state index contributed by atoms with van der Waals surface area (Å²) in [4.78, 5) is 12.0. The van der Waals surface area contributed by atoms with E-state index in [1.54, 1.807) is 12.1 Å². The van der Waals surface area contributed by atoms with Crippen molar-refractivity contribution in [2.45, 2.75) is 25.4 Å². The van der Waals surface area contributed by atoms with Gasteiger partial charge in [0.15, 0.2) is 0 Å². The fourth-order valence-corrected chi connectivity index (χ4v) is 3.28. The van der Waals surface area contributed by atoms with Crippen molar-refractivity contribution in [3.05, 3.63) is 69.5 Å². The van der Waals surface area contributed by atoms with Crippen LogP contribution in [0, 0.1) is 11.7 Å². The van der Waals surface area contributed by atoms with Gasteiger partial charge < -0.3 is 4.74 Å². The zero-order valence-corrected chi connectivity index (χ0v) is 13.9. The summed E-state index contributed by atoms with van der Waals surface area (Å²) in [5.74, 6) is -1.10. The second kappa shape index (κ2) is 6.50. The molecule has 0 saturated carbocycles. The third-order valence-corrected chi connectivity index (χ3v) is 4.71. The van der Waals surface area contributed by atoms with Crippen molar-refractivity contribution in [1.82, 2.24) is 0 Å². The fraction of sp³-hybridized carbons (Fsp3) is 0.278. The van der Waals surface area contributed by atoms with Crippen molar-refractivity contribution in [3.63, 3.8) is 0 Å². The van der Waals surface area contributed by atoms with E-state index in [1.165, 1.54) is 12.1 Å². The van der Waals surface area contributed by atoms with Gasteiger partial charge in [0.05, 0.1) is 10.9 Å². The summed E-state index contributed by atoms with van der Waals surface area (Å²) in [5.41, 5.74) is 1.56. The van der Waals surface area contributed by atoms with Crippen LogP contribution in [0.4, 0.5) is 4.39 Å². The number of carbonyl (C=O) groups is 1. The standard InChI is InChI=1S/C18H15Cl2FO2/c1-10-7-14(11-3-2-4-13(19)8-11)17(23-18(10)22)12-5-6-15(20)16(21)9-12/h2-6,8-10,14,17H,7H2,1H3/t10-,14+,17-/m0/s1. The Morgan fingerprint density at radius 2 is 1.91 bits per heavy atom. The number of benzene rings is 2. The normalized spacial score (nSPS) is 24.3. The fourth-order valence-electron chi connectivity index (χ4n) is 2.96. The molecule has 5 heteroatoms. The maximum Gasteiger partial charge on any atom is 0.309 e. The van der Waals surface area contributed by atoms with E-state index in [0.717, 1.165) is 5.56 Å². The predicted octanol–water partition coefficient (Wildman–Crippen LogP) is 5.54. The zero-order valence-electron chi connectivity index (χ0n) is 12.4. The highest BCUT2D eigenvalue weighted by Crippen LogP contribution is 2.43. The minimum atomic E-state index is -0.552. The van der Waals surface area contributed by atoms with Gasteiger partial charge >= 0.3 is 5.97 Å². The van der Waals surface area contributed by atoms with Crippen molar-refractivity contribution in [2.75, 3.05) is 0 Å². The van der Waals surface area contributed by atoms with E-state index < -0.39 is 11.9 Å². The Balaban J connectivity index is 2.02. The van der Waals surface area contributed by atoms with Crippen LogP contribution in [0.15, 0.2) is 42.5 Å². The maximum atomic E-state index is 13.8. The van der Waals surface area contributed by atoms with E-state index in [1.807, 2.05) is 25.1 Å². The lowest BCUT2D eigenvalue weighted by Crippen LogP contribution is -2.30. The molecule has 2 aromatic rings. The summed E-state index contributed by atoms with van der Waals surface area (Å²) in [5, 5.41) is 0.664. The Hall–Kier alpha value is -1.58. The first-order valence-corrected chi connectivity index (χ1v) is 8.12. The molecule has 3 atom stereocenters. The van der Waals surface area contributed by atoms with Crippen LogP contribution in [0.5, 0.6) is 0 Å². The van der Waals surface area contributed by atoms with Crippen LogP contribution in [0.1, 0.15) is 36.5 Å². The Morgan fingerprint density at radius 1 is 1.13 bits per heavy atom. The summed E-state index contributed by atoms with van der Waals surface area (Å²) in [6.07, 6.45) is 0.0672. The highest BCUT2D eigenvalue weighted by atomic mass is 35.5. The molecule has 2 nitrogen and oxygen atoms in total. The summed E-state index contributed by atoms with van der Waals surface area (Å²) < 4.78 is 19.4. The summed E-state index contributed by atoms with van der Waals surface area (Å²) >= 11 is 11.8. The predicted molar refractivity (Wildman–Crippen MR) is 88.2 cm³/mol. The molecule has 0 amide bonds. The summed E-state index contributed by atoms with van der Waals surface area (Å²) in [7, 11) is 0. The van der Waals surface area contributed by atoms with E-state index >= 15 is 0 Å². The molecule has 1 fully saturated rings. The number of cyclic esters (lactones) is 1. The molecule has 2 aromatic carbocycles. The second-order valence-corrected chi connectivity index (χ2v) is 6.67. The lowest BCUT2D eigenvalue weighted by molar-refractivity contribution is -0.162. The Bertz CT molecular complexity index is 748. The van der Waals surface area contributed by atoms with E-state index in [0.29, 0.717) is 17.0 Å². The van der Waals surface area contributed by atoms with Crippen LogP contribution in [-0.2, 0) is 9.53 Å². The van der Waals surface area contributed by atoms with Gasteiger partial charge in [-0.1, -0.05) is 48.3 Å². The molecule has 0 bridgehead atoms. The summed E-state index contributed by atoms with van der Waals surface area (Å²) in [6, 6.07) is 12.0. The van der Waals surface area contributed by atoms with Crippen LogP contribution in [0.3, 0.4) is 0 Å². The maximum absolute atomic E-state index is 13.8. The second-order valence-electron chi connectivity index (χ2n) is 5.83. The number of hydrogen-bond acceptors (Lipinski definition) is 2. The minimum absolute atomic E-state index is 0.0450. The first kappa shape index (κ1) is 16.3. The van der Waals surface area contributed by atoms with Crippen LogP contribution in [0.25, 0.3) is 0 Å². The molecular formula is C18H15Cl2FO2. The van der Waals surface area contributed by atoms with Crippen LogP contribution < -0.4 is 0 Å². The smallest absolute Gasteiger partial charge is 0.309 e. The molecule has 1 heterocycles. The van der Waals surface area contributed by atoms with Crippen LogP contribution in [0.2, 0.25) is 10.0 Å². The lowest BCUT2D eigenvalue weighted by Gasteiger charge is -2.35. The van der Waals surface area contributed by atoms with Gasteiger partial charge in [0.1, 0.15) is 11.9 Å². The van der Waals surface area contributed by atoms with E-state index in [-0.39, 0.29) is 22.8 Å². The third-order valence-electron chi connectivity index (χ3n) is 4.17. The van der Waals surface area contributed by atoms with E-state index in [4.69, 9.17) is 27.9 Å². The Labute approximate surface area is 144 Å². The Morgan fingerprint density at radius 3 is 2.61 bits per heavy atom. The highest BCUT2D eigenvalue weighted by Gasteiger charge is 2.37. The van der Waals surface area contributed by atoms with Crippen LogP contribution in [-0.4, -0.2) is 5.97 Å². The first-order chi connectivity index (χ1) is 11.0. The average molecular weight is 353 g/mol. The van der Waals surface area contributed by atoms with Gasteiger partial charge in [-0.25, -0.2) is 4.39 Å². The van der Waals surface area contributed by atoms with E-state index in [2.05, 4.69) is 0 Å². The molecule has 0 radical (unpaired) electrons. The third kappa shape index (κ3) is 3.36. The monoisotopic (exact) mass is 352 g/mol. The lowest BCUT2D eigenvalue weighted by atomic mass is 9.80. The molecule has 0 N–H and O–H groups in total. The quantitative estimate of drug-likeness (QED) is 0.663. The number of halogens is 3. The van der Waals surface area contributed by atoms with Crippen LogP contribution >= 0.6 is 23.2 Å². The van der Waals surface area contributed by atoms with Crippen molar-refractivity contribution in [1.29, 1.82) is 0 Å². The van der Waals surface area contributed by atoms with Gasteiger partial charge in [0.2, 0.25) is 0 Å². The molecule has 1 aliphatic rings. The number of rotatable bonds is 2. The topological polar surface area (TPSA) is 26.3 Å². The van der Waals surface area contributed by atoms with E-state index in [9.17, 15) is 9.18 Å². The number of ether oxygens (including phenoxy) is 1. The molecule has 0 aliphatic carbocycles. The minimum Gasteiger partial charge on any atom is -0.457 e. The molecule has 23 heavy (non-hydrogen) atoms. The molecule has 1 saturated heterocycles. The van der Waals surface area contributed by atoms with Gasteiger partial charge in [0, 0.05) is 10.9 Å². The molecule has 1 aliphatic heterocycles. The van der Waals surface area contributed by atoms with Crippen molar-refractivity contribution in [2.24, 2.45) is 5.92 Å². The van der Waals surface area contributed by atoms with Crippen molar-refractivity contribution in [3.8, 4) is 0 Å². The van der Waals surface area contributed by atoms with Gasteiger partial charge in [-0.2, -0.15) is 0 Å². The van der Waals surface area contributed by atoms with Gasteiger partial charge in [-0.05, 0) is 41.8 Å². The number of hydrogen-bond donors (Lipinski definition) is 0. The largest absolute Gasteiger partial charge is 0.457 e. The molecule has 0 unspecified atom stereocenters.